The molecule has 6 nitrogen and oxygen atoms in total. The minimum atomic E-state index is -6.17. The van der Waals surface area contributed by atoms with E-state index in [-0.39, 0.29) is 154 Å². The van der Waals surface area contributed by atoms with Crippen LogP contribution < -0.4 is 154 Å². The van der Waals surface area contributed by atoms with E-state index in [0.29, 0.717) is 0 Å². The van der Waals surface area contributed by atoms with E-state index in [1.165, 1.54) is 0 Å². The van der Waals surface area contributed by atoms with E-state index in [9.17, 15) is 0 Å². The summed E-state index contributed by atoms with van der Waals surface area (Å²) in [5.41, 5.74) is 0. The standard InChI is InChI=1S/6CN.4ClH.Fe.3K.Os/c6*1-2;;;;;;;;;/h;;;;;;4*1H;;;;;/q;;;;;;;;;;-3;3*+1;+4/p-4. The first-order chi connectivity index (χ1) is 7.97. The van der Waals surface area contributed by atoms with Crippen molar-refractivity contribution in [1.29, 1.82) is 31.6 Å². The van der Waals surface area contributed by atoms with Gasteiger partial charge in [-0.3, -0.25) is 0 Å². The molecule has 0 radical (unpaired) electrons. The molecule has 0 bridgehead atoms. The van der Waals surface area contributed by atoms with Crippen LogP contribution in [0.25, 0.3) is 0 Å². The Hall–Kier alpha value is 4.16. The fourth-order valence-corrected chi connectivity index (χ4v) is 1.09. The van der Waals surface area contributed by atoms with Crippen LogP contribution in [0, 0.1) is 61.4 Å². The van der Waals surface area contributed by atoms with E-state index in [0.717, 1.165) is 29.8 Å². The third-order valence-electron chi connectivity index (χ3n) is 1.19. The molecular weight excluding hydrogens is 661 g/mol. The molecule has 15 heteroatoms. The third-order valence-corrected chi connectivity index (χ3v) is 4.89. The Kier molecular flexibility index (Phi) is 23.0. The summed E-state index contributed by atoms with van der Waals surface area (Å²) < 4.78 is 0. The van der Waals surface area contributed by atoms with E-state index in [2.05, 4.69) is 0 Å². The van der Waals surface area contributed by atoms with Gasteiger partial charge in [0, 0.05) is 0 Å². The second kappa shape index (κ2) is 13.4. The average Bonchev–Trinajstić information content (AvgIpc) is 2.34. The summed E-state index contributed by atoms with van der Waals surface area (Å²) in [6, 6.07) is 0. The van der Waals surface area contributed by atoms with Crippen molar-refractivity contribution in [2.75, 3.05) is 0 Å². The van der Waals surface area contributed by atoms with Crippen LogP contribution in [0.5, 0.6) is 0 Å². The molecule has 0 saturated heterocycles. The molecule has 0 N–H and O–H groups in total. The van der Waals surface area contributed by atoms with Crippen LogP contribution in [-0.4, -0.2) is 0 Å². The quantitative estimate of drug-likeness (QED) is 0.237. The maximum atomic E-state index is 8.58. The molecule has 0 aromatic heterocycles. The van der Waals surface area contributed by atoms with Crippen molar-refractivity contribution in [2.45, 2.75) is 0 Å². The molecule has 0 saturated carbocycles. The van der Waals surface area contributed by atoms with E-state index < -0.39 is 21.8 Å². The van der Waals surface area contributed by atoms with Gasteiger partial charge in [-0.05, 0) is 0 Å². The van der Waals surface area contributed by atoms with E-state index in [1.807, 2.05) is 0 Å². The molecule has 0 aliphatic rings. The van der Waals surface area contributed by atoms with Gasteiger partial charge in [0.05, 0.1) is 0 Å². The molecule has 21 heavy (non-hydrogen) atoms. The minimum absolute atomic E-state index is 0. The number of hydrogen-bond donors (Lipinski definition) is 0. The number of rotatable bonds is 0. The molecule has 0 aromatic rings. The van der Waals surface area contributed by atoms with Crippen LogP contribution in [-0.2, 0) is 21.8 Å². The molecule has 0 amide bonds. The molecule has 0 spiro atoms. The summed E-state index contributed by atoms with van der Waals surface area (Å²) in [5.74, 6) is 0. The molecule has 0 atom stereocenters. The van der Waals surface area contributed by atoms with Gasteiger partial charge < -0.3 is 0 Å². The Labute approximate surface area is 267 Å². The molecule has 0 aliphatic heterocycles. The SMILES string of the molecule is N#[C][Fe-3]([C]#N)([C]#N)([C]#N)([C]#N)[C]#N.[Cl][Os]([Cl])([Cl])[Cl].[K+].[K+].[K+]. The van der Waals surface area contributed by atoms with Crippen molar-refractivity contribution in [3.8, 4) is 29.8 Å². The van der Waals surface area contributed by atoms with Gasteiger partial charge in [0.2, 0.25) is 0 Å². The first kappa shape index (κ1) is 36.1. The Morgan fingerprint density at radius 2 is 0.619 bits per heavy atom. The zero-order chi connectivity index (χ0) is 15.2. The molecule has 0 rings (SSSR count). The normalized spacial score (nSPS) is 11.9. The molecule has 0 unspecified atom stereocenters. The number of halogens is 4. The third kappa shape index (κ3) is 10.2. The van der Waals surface area contributed by atoms with Gasteiger partial charge >= 0.3 is 276 Å². The van der Waals surface area contributed by atoms with Crippen LogP contribution in [0.1, 0.15) is 0 Å². The first-order valence-electron chi connectivity index (χ1n) is 2.94. The molecule has 0 aliphatic carbocycles. The van der Waals surface area contributed by atoms with Gasteiger partial charge in [0.15, 0.2) is 0 Å². The fourth-order valence-electron chi connectivity index (χ4n) is 0.265. The van der Waals surface area contributed by atoms with Gasteiger partial charge in [-0.15, -0.1) is 0 Å². The number of nitrogens with zero attached hydrogens (tertiary/aromatic N) is 6. The molecule has 101 valence electrons. The van der Waals surface area contributed by atoms with Crippen molar-refractivity contribution in [1.82, 2.24) is 0 Å². The van der Waals surface area contributed by atoms with Crippen LogP contribution >= 0.6 is 38.6 Å². The van der Waals surface area contributed by atoms with Gasteiger partial charge in [-0.25, -0.2) is 0 Å². The monoisotopic (exact) mass is 661 g/mol. The van der Waals surface area contributed by atoms with E-state index in [4.69, 9.17) is 70.1 Å². The summed E-state index contributed by atoms with van der Waals surface area (Å²) >= 11 is -3.17. The van der Waals surface area contributed by atoms with Crippen LogP contribution in [0.2, 0.25) is 0 Å². The van der Waals surface area contributed by atoms with Crippen molar-refractivity contribution in [3.05, 3.63) is 0 Å². The zero-order valence-corrected chi connectivity index (χ0v) is 26.9. The predicted molar refractivity (Wildman–Crippen MR) is 57.1 cm³/mol. The van der Waals surface area contributed by atoms with Gasteiger partial charge in [-0.2, -0.15) is 0 Å². The summed E-state index contributed by atoms with van der Waals surface area (Å²) in [5, 5.41) is 51.5. The summed E-state index contributed by atoms with van der Waals surface area (Å²) in [6.07, 6.45) is 0. The van der Waals surface area contributed by atoms with Crippen molar-refractivity contribution < 1.29 is 176 Å². The second-order valence-electron chi connectivity index (χ2n) is 2.10. The minimum Gasteiger partial charge on any atom is 1.00 e. The van der Waals surface area contributed by atoms with E-state index in [1.54, 1.807) is 0 Å². The van der Waals surface area contributed by atoms with Gasteiger partial charge in [0.25, 0.3) is 0 Å². The Morgan fingerprint density at radius 1 is 0.524 bits per heavy atom. The molecule has 0 heterocycles. The zero-order valence-electron chi connectivity index (χ0n) is 10.9. The molecule has 0 aromatic carbocycles. The Bertz CT molecular complexity index is 489. The van der Waals surface area contributed by atoms with Gasteiger partial charge in [-0.1, -0.05) is 0 Å². The number of hydrogen-bond acceptors (Lipinski definition) is 6. The average molecular weight is 661 g/mol. The van der Waals surface area contributed by atoms with E-state index >= 15 is 0 Å². The van der Waals surface area contributed by atoms with Crippen molar-refractivity contribution >= 4 is 38.6 Å². The summed E-state index contributed by atoms with van der Waals surface area (Å²) in [4.78, 5) is 6.19. The van der Waals surface area contributed by atoms with Crippen LogP contribution in [0.4, 0.5) is 0 Å². The summed E-state index contributed by atoms with van der Waals surface area (Å²) in [6.45, 7) is 0. The Morgan fingerprint density at radius 3 is 0.619 bits per heavy atom. The fraction of sp³-hybridized carbons (Fsp3) is 0. The predicted octanol–water partition coefficient (Wildman–Crippen LogP) is -6.13. The van der Waals surface area contributed by atoms with Crippen molar-refractivity contribution in [3.63, 3.8) is 0 Å². The van der Waals surface area contributed by atoms with Crippen molar-refractivity contribution in [2.24, 2.45) is 0 Å². The maximum Gasteiger partial charge on any atom is 1.00 e. The first-order valence-corrected chi connectivity index (χ1v) is 18.8. The van der Waals surface area contributed by atoms with Crippen LogP contribution in [0.15, 0.2) is 0 Å². The Balaban J connectivity index is -0.0000000933. The van der Waals surface area contributed by atoms with Gasteiger partial charge in [0.1, 0.15) is 0 Å². The smallest absolute Gasteiger partial charge is 1.00 e. The largest absolute Gasteiger partial charge is 1.00 e. The molecule has 0 fully saturated rings. The topological polar surface area (TPSA) is 143 Å². The number of nitriles is 6. The van der Waals surface area contributed by atoms with Crippen LogP contribution in [0.3, 0.4) is 0 Å². The maximum absolute atomic E-state index is 8.58. The summed E-state index contributed by atoms with van der Waals surface area (Å²) in [7, 11) is 13.9. The molecular formula is C6Cl4FeK3N6Os. The second-order valence-corrected chi connectivity index (χ2v) is 29.7.